The van der Waals surface area contributed by atoms with E-state index in [1.807, 2.05) is 18.2 Å². The molecule has 2 aliphatic rings. The van der Waals surface area contributed by atoms with Crippen LogP contribution >= 0.6 is 11.6 Å². The largest absolute Gasteiger partial charge is 0.431 e. The molecule has 1 saturated heterocycles. The standard InChI is InChI=1S/C26H32ClN3O3/c27-21-10-12-22(13-11-21)29-26(32)33-24(20-6-2-1-3-7-20)25(31)28-18-19-14-16-30(17-15-19)23-8-4-5-9-23/h1-3,6-7,10-13,19,23-24H,4-5,8-9,14-18H2,(H,28,31)(H,29,32). The molecule has 4 rings (SSSR count). The van der Waals surface area contributed by atoms with Gasteiger partial charge < -0.3 is 15.0 Å². The van der Waals surface area contributed by atoms with Crippen LogP contribution in [-0.2, 0) is 9.53 Å². The van der Waals surface area contributed by atoms with Gasteiger partial charge in [-0.15, -0.1) is 0 Å². The number of hydrogen-bond acceptors (Lipinski definition) is 4. The Labute approximate surface area is 200 Å². The summed E-state index contributed by atoms with van der Waals surface area (Å²) in [7, 11) is 0. The van der Waals surface area contributed by atoms with Crippen molar-refractivity contribution in [3.8, 4) is 0 Å². The molecule has 1 atom stereocenters. The van der Waals surface area contributed by atoms with Gasteiger partial charge >= 0.3 is 6.09 Å². The van der Waals surface area contributed by atoms with Crippen LogP contribution in [0.2, 0.25) is 5.02 Å². The molecule has 0 aromatic heterocycles. The lowest BCUT2D eigenvalue weighted by Gasteiger charge is -2.36. The van der Waals surface area contributed by atoms with E-state index in [1.165, 1.54) is 25.7 Å². The van der Waals surface area contributed by atoms with Crippen LogP contribution in [0.5, 0.6) is 0 Å². The van der Waals surface area contributed by atoms with E-state index in [9.17, 15) is 9.59 Å². The lowest BCUT2D eigenvalue weighted by atomic mass is 9.95. The second-order valence-electron chi connectivity index (χ2n) is 8.99. The summed E-state index contributed by atoms with van der Waals surface area (Å²) in [5, 5.41) is 6.26. The fraction of sp³-hybridized carbons (Fsp3) is 0.462. The number of hydrogen-bond donors (Lipinski definition) is 2. The summed E-state index contributed by atoms with van der Waals surface area (Å²) in [6.45, 7) is 2.81. The summed E-state index contributed by atoms with van der Waals surface area (Å²) >= 11 is 5.89. The molecule has 2 aromatic rings. The Morgan fingerprint density at radius 2 is 1.64 bits per heavy atom. The number of carbonyl (C=O) groups is 2. The zero-order valence-electron chi connectivity index (χ0n) is 18.8. The summed E-state index contributed by atoms with van der Waals surface area (Å²) in [4.78, 5) is 28.2. The zero-order valence-corrected chi connectivity index (χ0v) is 19.6. The number of benzene rings is 2. The molecule has 2 fully saturated rings. The van der Waals surface area contributed by atoms with Gasteiger partial charge in [-0.2, -0.15) is 0 Å². The first-order valence-electron chi connectivity index (χ1n) is 11.9. The van der Waals surface area contributed by atoms with Crippen molar-refractivity contribution >= 4 is 29.3 Å². The van der Waals surface area contributed by atoms with Crippen LogP contribution in [0.25, 0.3) is 0 Å². The van der Waals surface area contributed by atoms with Crippen molar-refractivity contribution in [2.24, 2.45) is 5.92 Å². The average molecular weight is 470 g/mol. The highest BCUT2D eigenvalue weighted by Crippen LogP contribution is 2.28. The van der Waals surface area contributed by atoms with E-state index in [1.54, 1.807) is 36.4 Å². The van der Waals surface area contributed by atoms with Crippen molar-refractivity contribution in [3.63, 3.8) is 0 Å². The van der Waals surface area contributed by atoms with Crippen molar-refractivity contribution in [2.45, 2.75) is 50.7 Å². The molecule has 2 amide bonds. The average Bonchev–Trinajstić information content (AvgIpc) is 3.38. The van der Waals surface area contributed by atoms with E-state index in [0.29, 0.717) is 28.7 Å². The van der Waals surface area contributed by atoms with E-state index in [2.05, 4.69) is 15.5 Å². The fourth-order valence-corrected chi connectivity index (χ4v) is 4.94. The van der Waals surface area contributed by atoms with Crippen LogP contribution in [0.4, 0.5) is 10.5 Å². The molecule has 176 valence electrons. The van der Waals surface area contributed by atoms with Gasteiger partial charge in [-0.3, -0.25) is 10.1 Å². The van der Waals surface area contributed by atoms with Crippen LogP contribution in [-0.4, -0.2) is 42.6 Å². The maximum absolute atomic E-state index is 13.0. The molecule has 1 aliphatic carbocycles. The van der Waals surface area contributed by atoms with Crippen LogP contribution in [0, 0.1) is 5.92 Å². The monoisotopic (exact) mass is 469 g/mol. The van der Waals surface area contributed by atoms with Gasteiger partial charge in [0, 0.05) is 28.9 Å². The molecule has 0 bridgehead atoms. The van der Waals surface area contributed by atoms with Crippen LogP contribution < -0.4 is 10.6 Å². The van der Waals surface area contributed by atoms with E-state index >= 15 is 0 Å². The van der Waals surface area contributed by atoms with Crippen molar-refractivity contribution in [1.29, 1.82) is 0 Å². The maximum atomic E-state index is 13.0. The van der Waals surface area contributed by atoms with E-state index in [4.69, 9.17) is 16.3 Å². The van der Waals surface area contributed by atoms with Gasteiger partial charge in [0.15, 0.2) is 0 Å². The Morgan fingerprint density at radius 1 is 0.970 bits per heavy atom. The second-order valence-corrected chi connectivity index (χ2v) is 9.43. The minimum Gasteiger partial charge on any atom is -0.431 e. The van der Waals surface area contributed by atoms with Gasteiger partial charge in [0.2, 0.25) is 6.10 Å². The van der Waals surface area contributed by atoms with Crippen LogP contribution in [0.15, 0.2) is 54.6 Å². The first kappa shape index (κ1) is 23.6. The number of nitrogens with one attached hydrogen (secondary N) is 2. The molecule has 0 radical (unpaired) electrons. The molecular weight excluding hydrogens is 438 g/mol. The number of carbonyl (C=O) groups excluding carboxylic acids is 2. The van der Waals surface area contributed by atoms with Crippen molar-refractivity contribution in [3.05, 3.63) is 65.2 Å². The summed E-state index contributed by atoms with van der Waals surface area (Å²) < 4.78 is 5.55. The molecule has 6 nitrogen and oxygen atoms in total. The van der Waals surface area contributed by atoms with Crippen molar-refractivity contribution in [2.75, 3.05) is 25.0 Å². The molecule has 1 unspecified atom stereocenters. The molecule has 1 aliphatic heterocycles. The second kappa shape index (κ2) is 11.5. The van der Waals surface area contributed by atoms with Gasteiger partial charge in [0.1, 0.15) is 0 Å². The highest BCUT2D eigenvalue weighted by molar-refractivity contribution is 6.30. The fourth-order valence-electron chi connectivity index (χ4n) is 4.82. The Bertz CT molecular complexity index is 908. The minimum atomic E-state index is -1.02. The Balaban J connectivity index is 1.31. The number of likely N-dealkylation sites (tertiary alicyclic amines) is 1. The number of amides is 2. The Hall–Kier alpha value is -2.57. The quantitative estimate of drug-likeness (QED) is 0.569. The molecule has 2 aromatic carbocycles. The van der Waals surface area contributed by atoms with Gasteiger partial charge in [-0.1, -0.05) is 54.8 Å². The summed E-state index contributed by atoms with van der Waals surface area (Å²) in [6.07, 6.45) is 5.84. The first-order valence-corrected chi connectivity index (χ1v) is 12.3. The van der Waals surface area contributed by atoms with E-state index in [0.717, 1.165) is 32.0 Å². The molecular formula is C26H32ClN3O3. The minimum absolute atomic E-state index is 0.300. The van der Waals surface area contributed by atoms with Crippen molar-refractivity contribution < 1.29 is 14.3 Å². The number of halogens is 1. The lowest BCUT2D eigenvalue weighted by Crippen LogP contribution is -2.43. The highest BCUT2D eigenvalue weighted by atomic mass is 35.5. The number of piperidine rings is 1. The van der Waals surface area contributed by atoms with E-state index < -0.39 is 12.2 Å². The van der Waals surface area contributed by atoms with Crippen LogP contribution in [0.1, 0.15) is 50.2 Å². The van der Waals surface area contributed by atoms with Gasteiger partial charge in [0.05, 0.1) is 0 Å². The lowest BCUT2D eigenvalue weighted by molar-refractivity contribution is -0.129. The predicted octanol–water partition coefficient (Wildman–Crippen LogP) is 5.40. The summed E-state index contributed by atoms with van der Waals surface area (Å²) in [6, 6.07) is 16.6. The third-order valence-corrected chi connectivity index (χ3v) is 6.96. The third kappa shape index (κ3) is 6.71. The number of ether oxygens (including phenoxy) is 1. The van der Waals surface area contributed by atoms with Crippen LogP contribution in [0.3, 0.4) is 0 Å². The topological polar surface area (TPSA) is 70.7 Å². The number of rotatable bonds is 7. The maximum Gasteiger partial charge on any atom is 0.412 e. The Morgan fingerprint density at radius 3 is 2.30 bits per heavy atom. The molecule has 7 heteroatoms. The molecule has 0 spiro atoms. The Kier molecular flexibility index (Phi) is 8.24. The summed E-state index contributed by atoms with van der Waals surface area (Å²) in [5.41, 5.74) is 1.18. The zero-order chi connectivity index (χ0) is 23.0. The van der Waals surface area contributed by atoms with Gasteiger partial charge in [-0.05, 0) is 69.0 Å². The molecule has 1 saturated carbocycles. The number of anilines is 1. The smallest absolute Gasteiger partial charge is 0.412 e. The normalized spacial score (nSPS) is 18.6. The van der Waals surface area contributed by atoms with Crippen molar-refractivity contribution in [1.82, 2.24) is 10.2 Å². The van der Waals surface area contributed by atoms with Gasteiger partial charge in [0.25, 0.3) is 5.91 Å². The predicted molar refractivity (Wildman–Crippen MR) is 130 cm³/mol. The highest BCUT2D eigenvalue weighted by Gasteiger charge is 2.29. The van der Waals surface area contributed by atoms with Gasteiger partial charge in [-0.25, -0.2) is 4.79 Å². The summed E-state index contributed by atoms with van der Waals surface area (Å²) in [5.74, 6) is 0.150. The van der Waals surface area contributed by atoms with E-state index in [-0.39, 0.29) is 5.91 Å². The molecule has 2 N–H and O–H groups in total. The molecule has 1 heterocycles. The number of nitrogens with zero attached hydrogens (tertiary/aromatic N) is 1. The SMILES string of the molecule is O=C(Nc1ccc(Cl)cc1)OC(C(=O)NCC1CCN(C2CCCC2)CC1)c1ccccc1. The first-order chi connectivity index (χ1) is 16.1. The third-order valence-electron chi connectivity index (χ3n) is 6.71. The molecule has 33 heavy (non-hydrogen) atoms.